The SMILES string of the molecule is CC1CCCCC1Oc1ccnc(C(=O)O)c1. The third-order valence-electron chi connectivity index (χ3n) is 3.27. The average molecular weight is 235 g/mol. The summed E-state index contributed by atoms with van der Waals surface area (Å²) in [6, 6.07) is 3.21. The molecule has 1 fully saturated rings. The number of aromatic nitrogens is 1. The second-order valence-corrected chi connectivity index (χ2v) is 4.60. The van der Waals surface area contributed by atoms with Crippen molar-refractivity contribution in [1.29, 1.82) is 0 Å². The Balaban J connectivity index is 2.07. The van der Waals surface area contributed by atoms with Crippen LogP contribution in [0.1, 0.15) is 43.1 Å². The standard InChI is InChI=1S/C13H17NO3/c1-9-4-2-3-5-12(9)17-10-6-7-14-11(8-10)13(15)16/h6-9,12H,2-5H2,1H3,(H,15,16). The molecule has 1 aromatic heterocycles. The highest BCUT2D eigenvalue weighted by atomic mass is 16.5. The summed E-state index contributed by atoms with van der Waals surface area (Å²) in [5.41, 5.74) is 0.0333. The lowest BCUT2D eigenvalue weighted by molar-refractivity contribution is 0.0687. The Morgan fingerprint density at radius 2 is 2.24 bits per heavy atom. The molecule has 17 heavy (non-hydrogen) atoms. The van der Waals surface area contributed by atoms with Crippen molar-refractivity contribution < 1.29 is 14.6 Å². The van der Waals surface area contributed by atoms with Gasteiger partial charge in [0.05, 0.1) is 0 Å². The van der Waals surface area contributed by atoms with Crippen LogP contribution in [0.3, 0.4) is 0 Å². The number of carboxylic acid groups (broad SMARTS) is 1. The van der Waals surface area contributed by atoms with Gasteiger partial charge in [-0.2, -0.15) is 0 Å². The van der Waals surface area contributed by atoms with Crippen molar-refractivity contribution in [3.63, 3.8) is 0 Å². The molecule has 1 N–H and O–H groups in total. The number of hydrogen-bond acceptors (Lipinski definition) is 3. The van der Waals surface area contributed by atoms with Crippen molar-refractivity contribution in [2.75, 3.05) is 0 Å². The van der Waals surface area contributed by atoms with Crippen LogP contribution in [0.5, 0.6) is 5.75 Å². The zero-order valence-electron chi connectivity index (χ0n) is 9.93. The molecule has 2 unspecified atom stereocenters. The highest BCUT2D eigenvalue weighted by molar-refractivity contribution is 5.85. The molecule has 4 heteroatoms. The second-order valence-electron chi connectivity index (χ2n) is 4.60. The van der Waals surface area contributed by atoms with Gasteiger partial charge in [-0.15, -0.1) is 0 Å². The van der Waals surface area contributed by atoms with E-state index in [0.29, 0.717) is 11.7 Å². The Hall–Kier alpha value is -1.58. The second kappa shape index (κ2) is 5.17. The molecule has 0 saturated heterocycles. The van der Waals surface area contributed by atoms with E-state index in [2.05, 4.69) is 11.9 Å². The van der Waals surface area contributed by atoms with Gasteiger partial charge in [0.15, 0.2) is 5.69 Å². The van der Waals surface area contributed by atoms with Crippen LogP contribution >= 0.6 is 0 Å². The van der Waals surface area contributed by atoms with E-state index >= 15 is 0 Å². The highest BCUT2D eigenvalue weighted by Crippen LogP contribution is 2.28. The van der Waals surface area contributed by atoms with Gasteiger partial charge >= 0.3 is 5.97 Å². The predicted octanol–water partition coefficient (Wildman–Crippen LogP) is 2.74. The van der Waals surface area contributed by atoms with Gasteiger partial charge in [0.2, 0.25) is 0 Å². The van der Waals surface area contributed by atoms with E-state index in [9.17, 15) is 4.79 Å². The van der Waals surface area contributed by atoms with Crippen molar-refractivity contribution >= 4 is 5.97 Å². The summed E-state index contributed by atoms with van der Waals surface area (Å²) < 4.78 is 5.86. The predicted molar refractivity (Wildman–Crippen MR) is 63.2 cm³/mol. The maximum atomic E-state index is 10.8. The zero-order chi connectivity index (χ0) is 12.3. The Morgan fingerprint density at radius 3 is 2.94 bits per heavy atom. The summed E-state index contributed by atoms with van der Waals surface area (Å²) in [6.07, 6.45) is 6.36. The minimum absolute atomic E-state index is 0.0333. The van der Waals surface area contributed by atoms with Crippen LogP contribution in [-0.4, -0.2) is 22.2 Å². The third-order valence-corrected chi connectivity index (χ3v) is 3.27. The number of aromatic carboxylic acids is 1. The van der Waals surface area contributed by atoms with E-state index in [0.717, 1.165) is 6.42 Å². The van der Waals surface area contributed by atoms with Gasteiger partial charge in [-0.1, -0.05) is 13.3 Å². The Kier molecular flexibility index (Phi) is 3.61. The van der Waals surface area contributed by atoms with E-state index in [1.54, 1.807) is 6.07 Å². The van der Waals surface area contributed by atoms with Crippen LogP contribution < -0.4 is 4.74 Å². The summed E-state index contributed by atoms with van der Waals surface area (Å²) in [5, 5.41) is 8.85. The molecule has 2 atom stereocenters. The largest absolute Gasteiger partial charge is 0.490 e. The molecule has 0 spiro atoms. The van der Waals surface area contributed by atoms with Crippen LogP contribution in [0.25, 0.3) is 0 Å². The summed E-state index contributed by atoms with van der Waals surface area (Å²) in [4.78, 5) is 14.6. The van der Waals surface area contributed by atoms with Gasteiger partial charge in [-0.25, -0.2) is 9.78 Å². The molecular formula is C13H17NO3. The van der Waals surface area contributed by atoms with Crippen LogP contribution in [0.15, 0.2) is 18.3 Å². The number of carbonyl (C=O) groups is 1. The van der Waals surface area contributed by atoms with E-state index in [4.69, 9.17) is 9.84 Å². The van der Waals surface area contributed by atoms with Gasteiger partial charge < -0.3 is 9.84 Å². The first-order chi connectivity index (χ1) is 8.16. The summed E-state index contributed by atoms with van der Waals surface area (Å²) in [7, 11) is 0. The average Bonchev–Trinajstić information content (AvgIpc) is 2.32. The molecule has 0 aliphatic heterocycles. The fourth-order valence-electron chi connectivity index (χ4n) is 2.23. The number of rotatable bonds is 3. The Labute approximate surface area is 101 Å². The van der Waals surface area contributed by atoms with Gasteiger partial charge in [0, 0.05) is 12.3 Å². The molecule has 0 aromatic carbocycles. The molecule has 1 aromatic rings. The Bertz CT molecular complexity index is 405. The van der Waals surface area contributed by atoms with Crippen LogP contribution in [0, 0.1) is 5.92 Å². The normalized spacial score (nSPS) is 24.3. The van der Waals surface area contributed by atoms with E-state index in [1.165, 1.54) is 31.5 Å². The molecule has 2 rings (SSSR count). The van der Waals surface area contributed by atoms with Gasteiger partial charge in [-0.3, -0.25) is 0 Å². The number of ether oxygens (including phenoxy) is 1. The molecule has 0 amide bonds. The molecule has 1 saturated carbocycles. The molecule has 0 radical (unpaired) electrons. The first-order valence-corrected chi connectivity index (χ1v) is 6.03. The summed E-state index contributed by atoms with van der Waals surface area (Å²) in [6.45, 7) is 2.18. The quantitative estimate of drug-likeness (QED) is 0.875. The van der Waals surface area contributed by atoms with E-state index in [-0.39, 0.29) is 11.8 Å². The minimum Gasteiger partial charge on any atom is -0.490 e. The fourth-order valence-corrected chi connectivity index (χ4v) is 2.23. The number of hydrogen-bond donors (Lipinski definition) is 1. The number of nitrogens with zero attached hydrogens (tertiary/aromatic N) is 1. The minimum atomic E-state index is -1.02. The van der Waals surface area contributed by atoms with Crippen molar-refractivity contribution in [1.82, 2.24) is 4.98 Å². The number of carboxylic acids is 1. The lowest BCUT2D eigenvalue weighted by Crippen LogP contribution is -2.28. The summed E-state index contributed by atoms with van der Waals surface area (Å²) in [5.74, 6) is 0.119. The lowest BCUT2D eigenvalue weighted by atomic mass is 9.88. The van der Waals surface area contributed by atoms with Crippen molar-refractivity contribution in [2.24, 2.45) is 5.92 Å². The van der Waals surface area contributed by atoms with Gasteiger partial charge in [0.1, 0.15) is 11.9 Å². The molecule has 4 nitrogen and oxygen atoms in total. The van der Waals surface area contributed by atoms with Crippen LogP contribution in [0.4, 0.5) is 0 Å². The maximum absolute atomic E-state index is 10.8. The molecule has 1 aliphatic carbocycles. The zero-order valence-corrected chi connectivity index (χ0v) is 9.93. The smallest absolute Gasteiger partial charge is 0.354 e. The van der Waals surface area contributed by atoms with Crippen LogP contribution in [0.2, 0.25) is 0 Å². The number of pyridine rings is 1. The lowest BCUT2D eigenvalue weighted by Gasteiger charge is -2.29. The van der Waals surface area contributed by atoms with Crippen molar-refractivity contribution in [2.45, 2.75) is 38.7 Å². The van der Waals surface area contributed by atoms with Crippen LogP contribution in [-0.2, 0) is 0 Å². The first kappa shape index (κ1) is 11.9. The van der Waals surface area contributed by atoms with E-state index < -0.39 is 5.97 Å². The van der Waals surface area contributed by atoms with Gasteiger partial charge in [-0.05, 0) is 31.2 Å². The topological polar surface area (TPSA) is 59.4 Å². The van der Waals surface area contributed by atoms with Crippen molar-refractivity contribution in [3.8, 4) is 5.75 Å². The highest BCUT2D eigenvalue weighted by Gasteiger charge is 2.23. The summed E-state index contributed by atoms with van der Waals surface area (Å²) >= 11 is 0. The molecule has 0 bridgehead atoms. The fraction of sp³-hybridized carbons (Fsp3) is 0.538. The molecule has 92 valence electrons. The van der Waals surface area contributed by atoms with Crippen molar-refractivity contribution in [3.05, 3.63) is 24.0 Å². The third kappa shape index (κ3) is 2.96. The Morgan fingerprint density at radius 1 is 1.47 bits per heavy atom. The monoisotopic (exact) mass is 235 g/mol. The molecule has 1 aliphatic rings. The molecular weight excluding hydrogens is 218 g/mol. The maximum Gasteiger partial charge on any atom is 0.354 e. The van der Waals surface area contributed by atoms with E-state index in [1.807, 2.05) is 0 Å². The first-order valence-electron chi connectivity index (χ1n) is 6.03. The molecule has 1 heterocycles. The van der Waals surface area contributed by atoms with Gasteiger partial charge in [0.25, 0.3) is 0 Å².